The van der Waals surface area contributed by atoms with Crippen LogP contribution in [-0.2, 0) is 18.4 Å². The van der Waals surface area contributed by atoms with Crippen molar-refractivity contribution in [2.75, 3.05) is 36.2 Å². The molecule has 12 nitrogen and oxygen atoms in total. The maximum Gasteiger partial charge on any atom is 0.264 e. The minimum absolute atomic E-state index is 0.119. The number of pyridine rings is 1. The van der Waals surface area contributed by atoms with Crippen molar-refractivity contribution in [3.63, 3.8) is 0 Å². The summed E-state index contributed by atoms with van der Waals surface area (Å²) in [5.41, 5.74) is 6.19. The summed E-state index contributed by atoms with van der Waals surface area (Å²) in [6, 6.07) is 4.42. The highest BCUT2D eigenvalue weighted by Crippen LogP contribution is 2.36. The fraction of sp³-hybridized carbons (Fsp3) is 0.296. The summed E-state index contributed by atoms with van der Waals surface area (Å²) >= 11 is 12.5. The molecular weight excluding hydrogens is 571 g/mol. The molecule has 0 spiro atoms. The van der Waals surface area contributed by atoms with Crippen LogP contribution in [0.5, 0.6) is 5.75 Å². The fourth-order valence-corrected chi connectivity index (χ4v) is 4.80. The molecule has 1 aromatic carbocycles. The van der Waals surface area contributed by atoms with Crippen molar-refractivity contribution in [2.24, 2.45) is 18.7 Å². The third kappa shape index (κ3) is 5.66. The van der Waals surface area contributed by atoms with Crippen LogP contribution in [-0.4, -0.2) is 56.7 Å². The number of aromatic nitrogens is 4. The molecule has 0 saturated heterocycles. The highest BCUT2D eigenvalue weighted by molar-refractivity contribution is 6.34. The predicted octanol–water partition coefficient (Wildman–Crippen LogP) is 3.43. The van der Waals surface area contributed by atoms with E-state index in [0.29, 0.717) is 41.0 Å². The van der Waals surface area contributed by atoms with Crippen molar-refractivity contribution in [3.8, 4) is 16.9 Å². The van der Waals surface area contributed by atoms with Crippen molar-refractivity contribution < 1.29 is 14.7 Å². The number of primary amides is 1. The van der Waals surface area contributed by atoms with Crippen LogP contribution in [0, 0.1) is 5.92 Å². The standard InChI is InChI=1S/C27H28Cl2N8O4/c1-35(2)20-8-19(18(29)10-31-20)33-21(38)12-37-11-16(14-6-15(24(30)40)23(39)17(28)7-14)22-25(37)34-27(36(3)26(22)41)32-9-13-4-5-13/h6-8,10-11,13,39H,4-5,9,12H2,1-3H3,(H2,30,40)(H,32,34)(H,31,33,38). The number of phenols is 1. The van der Waals surface area contributed by atoms with Crippen LogP contribution in [0.3, 0.4) is 0 Å². The van der Waals surface area contributed by atoms with Gasteiger partial charge in [0.25, 0.3) is 11.5 Å². The smallest absolute Gasteiger partial charge is 0.264 e. The van der Waals surface area contributed by atoms with Gasteiger partial charge < -0.3 is 30.9 Å². The Labute approximate surface area is 244 Å². The number of nitrogens with one attached hydrogen (secondary N) is 2. The lowest BCUT2D eigenvalue weighted by molar-refractivity contribution is -0.116. The van der Waals surface area contributed by atoms with Gasteiger partial charge in [0, 0.05) is 45.5 Å². The first-order chi connectivity index (χ1) is 19.4. The van der Waals surface area contributed by atoms with Crippen LogP contribution in [0.25, 0.3) is 22.2 Å². The fourth-order valence-electron chi connectivity index (χ4n) is 4.43. The van der Waals surface area contributed by atoms with E-state index in [2.05, 4.69) is 15.6 Å². The quantitative estimate of drug-likeness (QED) is 0.228. The Balaban J connectivity index is 1.61. The van der Waals surface area contributed by atoms with Crippen molar-refractivity contribution in [1.82, 2.24) is 19.1 Å². The van der Waals surface area contributed by atoms with Gasteiger partial charge in [0.1, 0.15) is 18.1 Å². The molecule has 1 aliphatic rings. The van der Waals surface area contributed by atoms with Crippen LogP contribution in [0.2, 0.25) is 10.0 Å². The molecule has 0 unspecified atom stereocenters. The van der Waals surface area contributed by atoms with Gasteiger partial charge in [-0.15, -0.1) is 0 Å². The molecule has 214 valence electrons. The molecule has 1 saturated carbocycles. The summed E-state index contributed by atoms with van der Waals surface area (Å²) in [4.78, 5) is 49.6. The molecule has 14 heteroatoms. The minimum Gasteiger partial charge on any atom is -0.506 e. The Morgan fingerprint density at radius 3 is 2.59 bits per heavy atom. The molecule has 3 aromatic heterocycles. The highest BCUT2D eigenvalue weighted by Gasteiger charge is 2.25. The monoisotopic (exact) mass is 598 g/mol. The van der Waals surface area contributed by atoms with E-state index < -0.39 is 17.6 Å². The van der Waals surface area contributed by atoms with Crippen molar-refractivity contribution >= 4 is 63.5 Å². The molecule has 1 fully saturated rings. The number of benzene rings is 1. The third-order valence-corrected chi connectivity index (χ3v) is 7.46. The van der Waals surface area contributed by atoms with Crippen LogP contribution >= 0.6 is 23.2 Å². The van der Waals surface area contributed by atoms with E-state index in [0.717, 1.165) is 12.8 Å². The SMILES string of the molecule is CN(C)c1cc(NC(=O)Cn2cc(-c3cc(Cl)c(O)c(C(N)=O)c3)c3c(=O)n(C)c(NCC4CC4)nc32)c(Cl)cn1. The Hall–Kier alpha value is -4.29. The van der Waals surface area contributed by atoms with Crippen LogP contribution in [0.4, 0.5) is 17.5 Å². The lowest BCUT2D eigenvalue weighted by Gasteiger charge is -2.14. The summed E-state index contributed by atoms with van der Waals surface area (Å²) in [6.45, 7) is 0.452. The summed E-state index contributed by atoms with van der Waals surface area (Å²) in [5, 5.41) is 16.6. The Bertz CT molecular complexity index is 1760. The van der Waals surface area contributed by atoms with Crippen molar-refractivity contribution in [1.29, 1.82) is 0 Å². The molecule has 41 heavy (non-hydrogen) atoms. The van der Waals surface area contributed by atoms with Gasteiger partial charge in [0.2, 0.25) is 11.9 Å². The summed E-state index contributed by atoms with van der Waals surface area (Å²) < 4.78 is 2.94. The molecular formula is C27H28Cl2N8O4. The number of carbonyl (C=O) groups is 2. The normalized spacial score (nSPS) is 12.9. The minimum atomic E-state index is -0.890. The molecule has 0 radical (unpaired) electrons. The van der Waals surface area contributed by atoms with E-state index in [-0.39, 0.29) is 38.7 Å². The molecule has 0 bridgehead atoms. The average Bonchev–Trinajstić information content (AvgIpc) is 3.68. The van der Waals surface area contributed by atoms with Gasteiger partial charge in [0.05, 0.1) is 32.9 Å². The van der Waals surface area contributed by atoms with Crippen LogP contribution in [0.1, 0.15) is 23.2 Å². The number of halogens is 2. The summed E-state index contributed by atoms with van der Waals surface area (Å²) in [6.07, 6.45) is 5.25. The lowest BCUT2D eigenvalue weighted by Crippen LogP contribution is -2.24. The highest BCUT2D eigenvalue weighted by atomic mass is 35.5. The van der Waals surface area contributed by atoms with Gasteiger partial charge in [-0.3, -0.25) is 19.0 Å². The second kappa shape index (κ2) is 10.9. The molecule has 3 heterocycles. The molecule has 0 aliphatic heterocycles. The first-order valence-corrected chi connectivity index (χ1v) is 13.5. The summed E-state index contributed by atoms with van der Waals surface area (Å²) in [5.74, 6) is -0.297. The Morgan fingerprint density at radius 1 is 1.20 bits per heavy atom. The zero-order chi connectivity index (χ0) is 29.6. The largest absolute Gasteiger partial charge is 0.506 e. The average molecular weight is 599 g/mol. The van der Waals surface area contributed by atoms with E-state index >= 15 is 0 Å². The number of nitrogens with two attached hydrogens (primary N) is 1. The van der Waals surface area contributed by atoms with Crippen LogP contribution in [0.15, 0.2) is 35.4 Å². The predicted molar refractivity (Wildman–Crippen MR) is 159 cm³/mol. The van der Waals surface area contributed by atoms with Gasteiger partial charge in [-0.25, -0.2) is 4.98 Å². The zero-order valence-electron chi connectivity index (χ0n) is 22.5. The van der Waals surface area contributed by atoms with E-state index in [4.69, 9.17) is 33.9 Å². The second-order valence-corrected chi connectivity index (χ2v) is 11.0. The maximum atomic E-state index is 13.7. The van der Waals surface area contributed by atoms with Gasteiger partial charge >= 0.3 is 0 Å². The number of nitrogens with zero attached hydrogens (tertiary/aromatic N) is 5. The molecule has 5 N–H and O–H groups in total. The second-order valence-electron chi connectivity index (χ2n) is 10.2. The van der Waals surface area contributed by atoms with E-state index in [1.54, 1.807) is 24.2 Å². The van der Waals surface area contributed by atoms with E-state index in [1.165, 1.54) is 27.5 Å². The molecule has 2 amide bonds. The number of rotatable bonds is 9. The molecule has 1 aliphatic carbocycles. The maximum absolute atomic E-state index is 13.7. The summed E-state index contributed by atoms with van der Waals surface area (Å²) in [7, 11) is 5.23. The first kappa shape index (κ1) is 28.2. The number of hydrogen-bond donors (Lipinski definition) is 4. The van der Waals surface area contributed by atoms with E-state index in [9.17, 15) is 19.5 Å². The van der Waals surface area contributed by atoms with Gasteiger partial charge in [-0.05, 0) is 36.5 Å². The van der Waals surface area contributed by atoms with Crippen molar-refractivity contribution in [3.05, 3.63) is 56.6 Å². The van der Waals surface area contributed by atoms with Gasteiger partial charge in [-0.1, -0.05) is 23.2 Å². The Kier molecular flexibility index (Phi) is 7.54. The van der Waals surface area contributed by atoms with Gasteiger partial charge in [0.15, 0.2) is 5.65 Å². The number of hydrogen-bond acceptors (Lipinski definition) is 8. The third-order valence-electron chi connectivity index (χ3n) is 6.87. The number of fused-ring (bicyclic) bond motifs is 1. The number of aromatic hydroxyl groups is 1. The zero-order valence-corrected chi connectivity index (χ0v) is 24.0. The molecule has 0 atom stereocenters. The van der Waals surface area contributed by atoms with E-state index in [1.807, 2.05) is 14.1 Å². The number of anilines is 3. The number of amides is 2. The van der Waals surface area contributed by atoms with Gasteiger partial charge in [-0.2, -0.15) is 4.98 Å². The number of carbonyl (C=O) groups excluding carboxylic acids is 2. The Morgan fingerprint density at radius 2 is 1.93 bits per heavy atom. The molecule has 4 aromatic rings. The first-order valence-electron chi connectivity index (χ1n) is 12.7. The topological polar surface area (TPSA) is 160 Å². The van der Waals surface area contributed by atoms with Crippen molar-refractivity contribution in [2.45, 2.75) is 19.4 Å². The molecule has 5 rings (SSSR count). The van der Waals surface area contributed by atoms with Crippen LogP contribution < -0.4 is 26.8 Å². The lowest BCUT2D eigenvalue weighted by atomic mass is 10.0.